The van der Waals surface area contributed by atoms with E-state index in [9.17, 15) is 14.3 Å². The van der Waals surface area contributed by atoms with Crippen LogP contribution in [0.3, 0.4) is 0 Å². The summed E-state index contributed by atoms with van der Waals surface area (Å²) in [7, 11) is -3.92. The summed E-state index contributed by atoms with van der Waals surface area (Å²) in [5.74, 6) is 0. The van der Waals surface area contributed by atoms with Gasteiger partial charge in [-0.05, 0) is 37.1 Å². The minimum absolute atomic E-state index is 0.143. The summed E-state index contributed by atoms with van der Waals surface area (Å²) in [6.45, 7) is 4.01. The van der Waals surface area contributed by atoms with E-state index < -0.39 is 19.3 Å². The van der Waals surface area contributed by atoms with Crippen LogP contribution in [0.25, 0.3) is 22.3 Å². The zero-order valence-corrected chi connectivity index (χ0v) is 17.2. The van der Waals surface area contributed by atoms with Crippen molar-refractivity contribution in [3.8, 4) is 11.4 Å². The Morgan fingerprint density at radius 1 is 1.36 bits per heavy atom. The Bertz CT molecular complexity index is 1190. The van der Waals surface area contributed by atoms with E-state index in [0.717, 1.165) is 22.2 Å². The molecular formula is C20H20ClN2O4P. The number of halogens is 1. The molecule has 0 saturated heterocycles. The van der Waals surface area contributed by atoms with Crippen LogP contribution in [0.1, 0.15) is 36.1 Å². The van der Waals surface area contributed by atoms with Crippen molar-refractivity contribution in [2.75, 3.05) is 5.62 Å². The van der Waals surface area contributed by atoms with Crippen molar-refractivity contribution in [1.29, 1.82) is 0 Å². The molecule has 1 aliphatic rings. The third kappa shape index (κ3) is 3.20. The van der Waals surface area contributed by atoms with Crippen molar-refractivity contribution in [3.63, 3.8) is 0 Å². The summed E-state index contributed by atoms with van der Waals surface area (Å²) < 4.78 is 19.1. The van der Waals surface area contributed by atoms with Gasteiger partial charge >= 0.3 is 7.60 Å². The summed E-state index contributed by atoms with van der Waals surface area (Å²) in [5, 5.41) is 1.03. The minimum atomic E-state index is -3.92. The van der Waals surface area contributed by atoms with E-state index >= 15 is 0 Å². The van der Waals surface area contributed by atoms with Crippen LogP contribution in [-0.2, 0) is 15.6 Å². The molecule has 146 valence electrons. The highest BCUT2D eigenvalue weighted by Gasteiger charge is 2.29. The Morgan fingerprint density at radius 3 is 2.82 bits per heavy atom. The second-order valence-electron chi connectivity index (χ2n) is 6.95. The molecule has 6 nitrogen and oxygen atoms in total. The lowest BCUT2D eigenvalue weighted by molar-refractivity contribution is 0.173. The first-order valence-corrected chi connectivity index (χ1v) is 11.3. The number of nitrogens with zero attached hydrogens (tertiary/aromatic N) is 2. The molecule has 0 saturated carbocycles. The first-order valence-electron chi connectivity index (χ1n) is 9.04. The molecule has 4 rings (SSSR count). The molecule has 3 heterocycles. The maximum Gasteiger partial charge on any atom is 0.343 e. The zero-order chi connectivity index (χ0) is 20.1. The number of para-hydroxylation sites is 1. The SMILES string of the molecule is CCC(OP(=O)(O)CCl)c1cc2n(c(=O)c1C)Cc1cc3ccccc3nc1-2. The Hall–Kier alpha value is -1.98. The van der Waals surface area contributed by atoms with Crippen molar-refractivity contribution in [1.82, 2.24) is 9.55 Å². The summed E-state index contributed by atoms with van der Waals surface area (Å²) in [6, 6.07) is 11.7. The van der Waals surface area contributed by atoms with E-state index in [4.69, 9.17) is 21.1 Å². The lowest BCUT2D eigenvalue weighted by Gasteiger charge is -2.21. The van der Waals surface area contributed by atoms with Gasteiger partial charge < -0.3 is 9.46 Å². The van der Waals surface area contributed by atoms with Crippen LogP contribution in [0.4, 0.5) is 0 Å². The summed E-state index contributed by atoms with van der Waals surface area (Å²) in [6.07, 6.45) is -0.263. The average molecular weight is 419 g/mol. The smallest absolute Gasteiger partial charge is 0.323 e. The van der Waals surface area contributed by atoms with Crippen LogP contribution >= 0.6 is 19.2 Å². The van der Waals surface area contributed by atoms with Crippen LogP contribution in [0.15, 0.2) is 41.2 Å². The topological polar surface area (TPSA) is 81.4 Å². The molecule has 8 heteroatoms. The summed E-state index contributed by atoms with van der Waals surface area (Å²) in [4.78, 5) is 27.6. The summed E-state index contributed by atoms with van der Waals surface area (Å²) in [5.41, 5.74) is 3.76. The standard InChI is InChI=1S/C20H20ClN2O4P/c1-3-18(27-28(25,26)11-21)15-9-17-19-14(10-23(17)20(24)12(15)2)8-13-6-4-5-7-16(13)22-19/h4-9,18H,3,10-11H2,1-2H3,(H,25,26). The number of aromatic nitrogens is 2. The van der Waals surface area contributed by atoms with E-state index in [1.165, 1.54) is 0 Å². The molecule has 0 fully saturated rings. The normalized spacial score (nSPS) is 15.9. The number of benzene rings is 1. The van der Waals surface area contributed by atoms with Gasteiger partial charge in [0.25, 0.3) is 5.56 Å². The minimum Gasteiger partial charge on any atom is -0.323 e. The number of hydrogen-bond acceptors (Lipinski definition) is 4. The molecule has 3 aromatic rings. The van der Waals surface area contributed by atoms with Crippen LogP contribution in [-0.4, -0.2) is 20.1 Å². The van der Waals surface area contributed by atoms with Crippen molar-refractivity contribution in [2.24, 2.45) is 0 Å². The molecule has 2 aromatic heterocycles. The summed E-state index contributed by atoms with van der Waals surface area (Å²) >= 11 is 5.56. The second kappa shape index (κ2) is 7.12. The quantitative estimate of drug-likeness (QED) is 0.379. The molecule has 2 atom stereocenters. The molecule has 0 radical (unpaired) electrons. The molecule has 0 amide bonds. The van der Waals surface area contributed by atoms with Gasteiger partial charge in [0.2, 0.25) is 0 Å². The van der Waals surface area contributed by atoms with E-state index in [2.05, 4.69) is 6.07 Å². The monoisotopic (exact) mass is 418 g/mol. The molecule has 0 spiro atoms. The van der Waals surface area contributed by atoms with Gasteiger partial charge in [-0.3, -0.25) is 13.9 Å². The van der Waals surface area contributed by atoms with Crippen molar-refractivity contribution in [2.45, 2.75) is 32.9 Å². The highest BCUT2D eigenvalue weighted by molar-refractivity contribution is 7.54. The van der Waals surface area contributed by atoms with Crippen LogP contribution in [0.5, 0.6) is 0 Å². The van der Waals surface area contributed by atoms with Crippen LogP contribution in [0, 0.1) is 6.92 Å². The van der Waals surface area contributed by atoms with Gasteiger partial charge in [0.1, 0.15) is 5.62 Å². The maximum absolute atomic E-state index is 13.0. The number of pyridine rings is 2. The van der Waals surface area contributed by atoms with E-state index in [1.54, 1.807) is 11.5 Å². The lowest BCUT2D eigenvalue weighted by Crippen LogP contribution is -2.24. The third-order valence-electron chi connectivity index (χ3n) is 5.12. The first-order chi connectivity index (χ1) is 13.3. The third-order valence-corrected chi connectivity index (χ3v) is 6.91. The van der Waals surface area contributed by atoms with Gasteiger partial charge in [0.05, 0.1) is 29.6 Å². The van der Waals surface area contributed by atoms with Crippen LogP contribution in [0.2, 0.25) is 0 Å². The number of hydrogen-bond donors (Lipinski definition) is 1. The lowest BCUT2D eigenvalue weighted by atomic mass is 10.0. The molecular weight excluding hydrogens is 399 g/mol. The van der Waals surface area contributed by atoms with Gasteiger partial charge in [-0.1, -0.05) is 25.1 Å². The molecule has 2 unspecified atom stereocenters. The van der Waals surface area contributed by atoms with E-state index in [-0.39, 0.29) is 5.56 Å². The van der Waals surface area contributed by atoms with Gasteiger partial charge in [0, 0.05) is 16.5 Å². The first kappa shape index (κ1) is 19.3. The van der Waals surface area contributed by atoms with Gasteiger partial charge in [-0.25, -0.2) is 4.98 Å². The van der Waals surface area contributed by atoms with E-state index in [1.807, 2.05) is 37.3 Å². The molecule has 0 aliphatic carbocycles. The predicted molar refractivity (Wildman–Crippen MR) is 110 cm³/mol. The van der Waals surface area contributed by atoms with Crippen molar-refractivity contribution >= 4 is 30.1 Å². The average Bonchev–Trinajstić information content (AvgIpc) is 3.05. The fourth-order valence-corrected chi connectivity index (χ4v) is 4.59. The Labute approximate surface area is 167 Å². The number of alkyl halides is 1. The van der Waals surface area contributed by atoms with Gasteiger partial charge in [-0.15, -0.1) is 11.6 Å². The second-order valence-corrected chi connectivity index (χ2v) is 9.39. The fourth-order valence-electron chi connectivity index (χ4n) is 3.71. The predicted octanol–water partition coefficient (Wildman–Crippen LogP) is 4.58. The Kier molecular flexibility index (Phi) is 4.92. The van der Waals surface area contributed by atoms with Gasteiger partial charge in [-0.2, -0.15) is 0 Å². The number of fused-ring (bicyclic) bond motifs is 4. The molecule has 1 N–H and O–H groups in total. The molecule has 28 heavy (non-hydrogen) atoms. The van der Waals surface area contributed by atoms with Crippen molar-refractivity contribution in [3.05, 3.63) is 63.4 Å². The fraction of sp³-hybridized carbons (Fsp3) is 0.300. The number of rotatable bonds is 5. The largest absolute Gasteiger partial charge is 0.343 e. The Balaban J connectivity index is 1.88. The maximum atomic E-state index is 13.0. The molecule has 1 aromatic carbocycles. The molecule has 1 aliphatic heterocycles. The Morgan fingerprint density at radius 2 is 2.11 bits per heavy atom. The zero-order valence-electron chi connectivity index (χ0n) is 15.6. The van der Waals surface area contributed by atoms with E-state index in [0.29, 0.717) is 29.8 Å². The van der Waals surface area contributed by atoms with Gasteiger partial charge in [0.15, 0.2) is 0 Å². The highest BCUT2D eigenvalue weighted by atomic mass is 35.5. The van der Waals surface area contributed by atoms with Crippen molar-refractivity contribution < 1.29 is 14.0 Å². The van der Waals surface area contributed by atoms with Crippen LogP contribution < -0.4 is 5.56 Å². The molecule has 0 bridgehead atoms. The highest BCUT2D eigenvalue weighted by Crippen LogP contribution is 2.49.